The molecule has 0 fully saturated rings. The molecule has 0 aliphatic heterocycles. The lowest BCUT2D eigenvalue weighted by molar-refractivity contribution is 0.187. The minimum atomic E-state index is 0.553. The molecule has 2 unspecified atom stereocenters. The fourth-order valence-corrected chi connectivity index (χ4v) is 3.29. The van der Waals surface area contributed by atoms with Gasteiger partial charge in [-0.05, 0) is 49.3 Å². The van der Waals surface area contributed by atoms with Gasteiger partial charge in [-0.1, -0.05) is 37.6 Å². The van der Waals surface area contributed by atoms with Gasteiger partial charge in [0, 0.05) is 19.8 Å². The Hall–Kier alpha value is -0.860. The van der Waals surface area contributed by atoms with Crippen molar-refractivity contribution in [2.45, 2.75) is 45.1 Å². The van der Waals surface area contributed by atoms with Gasteiger partial charge in [-0.25, -0.2) is 0 Å². The zero-order valence-corrected chi connectivity index (χ0v) is 12.3. The van der Waals surface area contributed by atoms with Crippen LogP contribution in [-0.2, 0) is 11.2 Å². The Bertz CT molecular complexity index is 377. The van der Waals surface area contributed by atoms with E-state index in [4.69, 9.17) is 4.74 Å². The van der Waals surface area contributed by atoms with Crippen molar-refractivity contribution in [3.8, 4) is 0 Å². The van der Waals surface area contributed by atoms with Gasteiger partial charge >= 0.3 is 0 Å². The number of rotatable bonds is 7. The summed E-state index contributed by atoms with van der Waals surface area (Å²) in [7, 11) is 1.79. The number of nitrogens with one attached hydrogen (secondary N) is 1. The first kappa shape index (κ1) is 14.5. The highest BCUT2D eigenvalue weighted by atomic mass is 16.5. The lowest BCUT2D eigenvalue weighted by Crippen LogP contribution is -2.32. The summed E-state index contributed by atoms with van der Waals surface area (Å²) in [6.07, 6.45) is 6.35. The molecule has 0 saturated carbocycles. The second kappa shape index (κ2) is 7.66. The Balaban J connectivity index is 2.00. The highest BCUT2D eigenvalue weighted by molar-refractivity contribution is 5.33. The van der Waals surface area contributed by atoms with Gasteiger partial charge in [0.25, 0.3) is 0 Å². The van der Waals surface area contributed by atoms with Crippen LogP contribution in [0.3, 0.4) is 0 Å². The summed E-state index contributed by atoms with van der Waals surface area (Å²) in [6.45, 7) is 4.15. The number of fused-ring (bicyclic) bond motifs is 1. The third-order valence-electron chi connectivity index (χ3n) is 4.24. The minimum absolute atomic E-state index is 0.553. The van der Waals surface area contributed by atoms with Crippen molar-refractivity contribution in [1.29, 1.82) is 0 Å². The highest BCUT2D eigenvalue weighted by Crippen LogP contribution is 2.37. The minimum Gasteiger partial charge on any atom is -0.385 e. The summed E-state index contributed by atoms with van der Waals surface area (Å²) in [4.78, 5) is 0. The maximum Gasteiger partial charge on any atom is 0.0462 e. The van der Waals surface area contributed by atoms with Crippen LogP contribution in [-0.4, -0.2) is 20.3 Å². The van der Waals surface area contributed by atoms with Gasteiger partial charge in [0.2, 0.25) is 0 Å². The number of hydrogen-bond acceptors (Lipinski definition) is 2. The van der Waals surface area contributed by atoms with Crippen LogP contribution in [0.2, 0.25) is 0 Å². The molecule has 2 atom stereocenters. The van der Waals surface area contributed by atoms with E-state index < -0.39 is 0 Å². The quantitative estimate of drug-likeness (QED) is 0.755. The Morgan fingerprint density at radius 1 is 1.26 bits per heavy atom. The zero-order valence-electron chi connectivity index (χ0n) is 12.3. The standard InChI is InChI=1S/C17H27NO/c1-3-18-17-15(9-6-7-13-19-2)12-11-14-8-4-5-10-16(14)17/h4-5,8,10,15,17-18H,3,6-7,9,11-13H2,1-2H3. The summed E-state index contributed by atoms with van der Waals surface area (Å²) in [5.74, 6) is 0.784. The summed E-state index contributed by atoms with van der Waals surface area (Å²) in [6, 6.07) is 9.50. The van der Waals surface area contributed by atoms with Crippen LogP contribution in [0.15, 0.2) is 24.3 Å². The molecule has 0 heterocycles. The molecule has 2 heteroatoms. The molecule has 19 heavy (non-hydrogen) atoms. The lowest BCUT2D eigenvalue weighted by Gasteiger charge is -2.34. The van der Waals surface area contributed by atoms with Crippen LogP contribution >= 0.6 is 0 Å². The van der Waals surface area contributed by atoms with E-state index in [-0.39, 0.29) is 0 Å². The van der Waals surface area contributed by atoms with E-state index in [1.807, 2.05) is 0 Å². The van der Waals surface area contributed by atoms with Gasteiger partial charge in [0.1, 0.15) is 0 Å². The summed E-state index contributed by atoms with van der Waals surface area (Å²) >= 11 is 0. The molecule has 0 bridgehead atoms. The smallest absolute Gasteiger partial charge is 0.0462 e. The van der Waals surface area contributed by atoms with Crippen LogP contribution in [0.25, 0.3) is 0 Å². The van der Waals surface area contributed by atoms with Gasteiger partial charge in [0.15, 0.2) is 0 Å². The molecule has 1 aromatic rings. The average Bonchev–Trinajstić information content (AvgIpc) is 2.45. The van der Waals surface area contributed by atoms with Crippen molar-refractivity contribution < 1.29 is 4.74 Å². The van der Waals surface area contributed by atoms with E-state index >= 15 is 0 Å². The SMILES string of the molecule is CCNC1c2ccccc2CCC1CCCCOC. The molecule has 0 spiro atoms. The van der Waals surface area contributed by atoms with Crippen molar-refractivity contribution in [2.24, 2.45) is 5.92 Å². The Kier molecular flexibility index (Phi) is 5.87. The van der Waals surface area contributed by atoms with E-state index in [9.17, 15) is 0 Å². The predicted octanol–water partition coefficient (Wildman–Crippen LogP) is 3.72. The molecule has 1 aliphatic carbocycles. The van der Waals surface area contributed by atoms with E-state index in [0.717, 1.165) is 19.1 Å². The van der Waals surface area contributed by atoms with Gasteiger partial charge < -0.3 is 10.1 Å². The molecule has 0 aromatic heterocycles. The van der Waals surface area contributed by atoms with Gasteiger partial charge in [0.05, 0.1) is 0 Å². The molecule has 0 amide bonds. The van der Waals surface area contributed by atoms with Crippen molar-refractivity contribution >= 4 is 0 Å². The van der Waals surface area contributed by atoms with Crippen molar-refractivity contribution in [3.05, 3.63) is 35.4 Å². The van der Waals surface area contributed by atoms with Gasteiger partial charge in [-0.3, -0.25) is 0 Å². The summed E-state index contributed by atoms with van der Waals surface area (Å²) in [5, 5.41) is 3.70. The Labute approximate surface area is 117 Å². The molecule has 1 N–H and O–H groups in total. The predicted molar refractivity (Wildman–Crippen MR) is 80.4 cm³/mol. The molecule has 1 aliphatic rings. The molecular formula is C17H27NO. The number of hydrogen-bond donors (Lipinski definition) is 1. The number of methoxy groups -OCH3 is 1. The fraction of sp³-hybridized carbons (Fsp3) is 0.647. The highest BCUT2D eigenvalue weighted by Gasteiger charge is 2.27. The van der Waals surface area contributed by atoms with Gasteiger partial charge in [-0.15, -0.1) is 0 Å². The summed E-state index contributed by atoms with van der Waals surface area (Å²) < 4.78 is 5.15. The van der Waals surface area contributed by atoms with Crippen LogP contribution in [0.5, 0.6) is 0 Å². The molecule has 0 saturated heterocycles. The first-order valence-corrected chi connectivity index (χ1v) is 7.67. The number of unbranched alkanes of at least 4 members (excludes halogenated alkanes) is 1. The maximum absolute atomic E-state index is 5.15. The molecule has 2 rings (SSSR count). The Morgan fingerprint density at radius 2 is 2.11 bits per heavy atom. The third kappa shape index (κ3) is 3.80. The number of ether oxygens (including phenoxy) is 1. The van der Waals surface area contributed by atoms with Crippen molar-refractivity contribution in [3.63, 3.8) is 0 Å². The number of aryl methyl sites for hydroxylation is 1. The normalized spacial score (nSPS) is 22.2. The molecule has 0 radical (unpaired) electrons. The molecular weight excluding hydrogens is 234 g/mol. The van der Waals surface area contributed by atoms with Crippen LogP contribution < -0.4 is 5.32 Å². The second-order valence-corrected chi connectivity index (χ2v) is 5.52. The average molecular weight is 261 g/mol. The molecule has 1 aromatic carbocycles. The third-order valence-corrected chi connectivity index (χ3v) is 4.24. The topological polar surface area (TPSA) is 21.3 Å². The lowest BCUT2D eigenvalue weighted by atomic mass is 9.77. The molecule has 106 valence electrons. The first-order chi connectivity index (χ1) is 9.36. The summed E-state index contributed by atoms with van der Waals surface area (Å²) in [5.41, 5.74) is 3.08. The van der Waals surface area contributed by atoms with E-state index in [0.29, 0.717) is 6.04 Å². The van der Waals surface area contributed by atoms with Crippen LogP contribution in [0.4, 0.5) is 0 Å². The zero-order chi connectivity index (χ0) is 13.5. The van der Waals surface area contributed by atoms with Crippen molar-refractivity contribution in [2.75, 3.05) is 20.3 Å². The molecule has 2 nitrogen and oxygen atoms in total. The van der Waals surface area contributed by atoms with Gasteiger partial charge in [-0.2, -0.15) is 0 Å². The van der Waals surface area contributed by atoms with E-state index in [1.165, 1.54) is 37.7 Å². The van der Waals surface area contributed by atoms with Crippen molar-refractivity contribution in [1.82, 2.24) is 5.32 Å². The van der Waals surface area contributed by atoms with Crippen LogP contribution in [0, 0.1) is 5.92 Å². The fourth-order valence-electron chi connectivity index (χ4n) is 3.29. The largest absolute Gasteiger partial charge is 0.385 e. The van der Waals surface area contributed by atoms with Crippen LogP contribution in [0.1, 0.15) is 49.8 Å². The first-order valence-electron chi connectivity index (χ1n) is 7.67. The number of benzene rings is 1. The maximum atomic E-state index is 5.15. The monoisotopic (exact) mass is 261 g/mol. The second-order valence-electron chi connectivity index (χ2n) is 5.52. The Morgan fingerprint density at radius 3 is 2.89 bits per heavy atom. The van der Waals surface area contributed by atoms with E-state index in [2.05, 4.69) is 36.5 Å². The van der Waals surface area contributed by atoms with E-state index in [1.54, 1.807) is 12.7 Å².